The molecule has 134 valence electrons. The summed E-state index contributed by atoms with van der Waals surface area (Å²) in [4.78, 5) is 20.3. The van der Waals surface area contributed by atoms with Gasteiger partial charge in [-0.1, -0.05) is 12.1 Å². The number of aryl methyl sites for hydroxylation is 2. The summed E-state index contributed by atoms with van der Waals surface area (Å²) in [6.45, 7) is 4.74. The molecule has 2 N–H and O–H groups in total. The number of nitrogens with one attached hydrogen (secondary N) is 2. The maximum Gasteiger partial charge on any atom is 0.228 e. The number of hydrogen-bond acceptors (Lipinski definition) is 5. The molecule has 0 aliphatic rings. The standard InChI is InChI=1S/C19H21N5O2/c1-13-3-4-14(2)16(9-13)26-12-18-22-17(23-24-18)10-19(25)21-11-15-5-7-20-8-6-15/h3-9H,10-12H2,1-2H3,(H,21,25)(H,22,23,24). The minimum Gasteiger partial charge on any atom is -0.485 e. The summed E-state index contributed by atoms with van der Waals surface area (Å²) in [6.07, 6.45) is 3.50. The van der Waals surface area contributed by atoms with Gasteiger partial charge >= 0.3 is 0 Å². The maximum atomic E-state index is 12.0. The summed E-state index contributed by atoms with van der Waals surface area (Å²) >= 11 is 0. The fourth-order valence-corrected chi connectivity index (χ4v) is 2.39. The number of carbonyl (C=O) groups is 1. The van der Waals surface area contributed by atoms with Crippen molar-refractivity contribution in [3.63, 3.8) is 0 Å². The Bertz CT molecular complexity index is 877. The Morgan fingerprint density at radius 2 is 2.00 bits per heavy atom. The average molecular weight is 351 g/mol. The number of carbonyl (C=O) groups excluding carboxylic acids is 1. The van der Waals surface area contributed by atoms with Crippen molar-refractivity contribution in [2.45, 2.75) is 33.4 Å². The molecule has 1 aromatic carbocycles. The lowest BCUT2D eigenvalue weighted by atomic mass is 10.1. The van der Waals surface area contributed by atoms with Crippen LogP contribution in [0.25, 0.3) is 0 Å². The van der Waals surface area contributed by atoms with Crippen molar-refractivity contribution in [1.29, 1.82) is 0 Å². The van der Waals surface area contributed by atoms with Gasteiger partial charge in [-0.15, -0.1) is 0 Å². The van der Waals surface area contributed by atoms with Crippen molar-refractivity contribution in [1.82, 2.24) is 25.5 Å². The number of pyridine rings is 1. The number of aromatic amines is 1. The molecule has 7 nitrogen and oxygen atoms in total. The molecule has 0 radical (unpaired) electrons. The fraction of sp³-hybridized carbons (Fsp3) is 0.263. The van der Waals surface area contributed by atoms with Crippen LogP contribution in [-0.4, -0.2) is 26.1 Å². The molecule has 2 aromatic heterocycles. The number of nitrogens with zero attached hydrogens (tertiary/aromatic N) is 3. The highest BCUT2D eigenvalue weighted by atomic mass is 16.5. The van der Waals surface area contributed by atoms with Crippen LogP contribution < -0.4 is 10.1 Å². The molecule has 0 fully saturated rings. The zero-order valence-electron chi connectivity index (χ0n) is 14.8. The molecule has 3 rings (SSSR count). The molecule has 0 aliphatic carbocycles. The Labute approximate surface area is 151 Å². The van der Waals surface area contributed by atoms with Gasteiger partial charge in [-0.2, -0.15) is 5.10 Å². The number of amides is 1. The molecule has 3 aromatic rings. The maximum absolute atomic E-state index is 12.0. The highest BCUT2D eigenvalue weighted by Gasteiger charge is 2.10. The van der Waals surface area contributed by atoms with Crippen LogP contribution in [-0.2, 0) is 24.4 Å². The zero-order valence-corrected chi connectivity index (χ0v) is 14.8. The van der Waals surface area contributed by atoms with Crippen LogP contribution in [0.3, 0.4) is 0 Å². The average Bonchev–Trinajstić information content (AvgIpc) is 3.09. The Hall–Kier alpha value is -3.22. The third-order valence-corrected chi connectivity index (χ3v) is 3.84. The quantitative estimate of drug-likeness (QED) is 0.681. The van der Waals surface area contributed by atoms with E-state index in [0.29, 0.717) is 18.2 Å². The molecule has 1 amide bonds. The van der Waals surface area contributed by atoms with Crippen LogP contribution in [0.4, 0.5) is 0 Å². The van der Waals surface area contributed by atoms with Crippen molar-refractivity contribution in [3.8, 4) is 5.75 Å². The molecule has 0 saturated carbocycles. The molecule has 0 saturated heterocycles. The summed E-state index contributed by atoms with van der Waals surface area (Å²) in [5, 5.41) is 9.73. The smallest absolute Gasteiger partial charge is 0.228 e. The van der Waals surface area contributed by atoms with Crippen LogP contribution in [0.2, 0.25) is 0 Å². The van der Waals surface area contributed by atoms with Gasteiger partial charge in [-0.05, 0) is 48.7 Å². The summed E-state index contributed by atoms with van der Waals surface area (Å²) in [5.74, 6) is 1.71. The van der Waals surface area contributed by atoms with E-state index >= 15 is 0 Å². The Morgan fingerprint density at radius 3 is 2.81 bits per heavy atom. The van der Waals surface area contributed by atoms with Gasteiger partial charge in [0.2, 0.25) is 5.91 Å². The second-order valence-electron chi connectivity index (χ2n) is 6.06. The number of ether oxygens (including phenoxy) is 1. The van der Waals surface area contributed by atoms with E-state index in [-0.39, 0.29) is 18.9 Å². The first-order valence-corrected chi connectivity index (χ1v) is 8.36. The van der Waals surface area contributed by atoms with Crippen LogP contribution in [0.5, 0.6) is 5.75 Å². The predicted molar refractivity (Wildman–Crippen MR) is 96.4 cm³/mol. The second-order valence-corrected chi connectivity index (χ2v) is 6.06. The molecule has 2 heterocycles. The summed E-state index contributed by atoms with van der Waals surface area (Å²) in [7, 11) is 0. The van der Waals surface area contributed by atoms with Crippen molar-refractivity contribution in [2.75, 3.05) is 0 Å². The molecule has 26 heavy (non-hydrogen) atoms. The third-order valence-electron chi connectivity index (χ3n) is 3.84. The van der Waals surface area contributed by atoms with Crippen LogP contribution >= 0.6 is 0 Å². The highest BCUT2D eigenvalue weighted by Crippen LogP contribution is 2.19. The molecule has 7 heteroatoms. The molecule has 0 spiro atoms. The van der Waals surface area contributed by atoms with Crippen LogP contribution in [0.1, 0.15) is 28.3 Å². The number of hydrogen-bond donors (Lipinski definition) is 2. The van der Waals surface area contributed by atoms with E-state index in [1.54, 1.807) is 12.4 Å². The lowest BCUT2D eigenvalue weighted by Gasteiger charge is -2.08. The minimum absolute atomic E-state index is 0.116. The van der Waals surface area contributed by atoms with Crippen molar-refractivity contribution in [2.24, 2.45) is 0 Å². The fourth-order valence-electron chi connectivity index (χ4n) is 2.39. The summed E-state index contributed by atoms with van der Waals surface area (Å²) in [6, 6.07) is 9.76. The minimum atomic E-state index is -0.136. The van der Waals surface area contributed by atoms with Crippen molar-refractivity contribution in [3.05, 3.63) is 71.1 Å². The first-order chi connectivity index (χ1) is 12.6. The number of benzene rings is 1. The summed E-state index contributed by atoms with van der Waals surface area (Å²) < 4.78 is 5.79. The van der Waals surface area contributed by atoms with Crippen LogP contribution in [0.15, 0.2) is 42.7 Å². The molecular formula is C19H21N5O2. The normalized spacial score (nSPS) is 10.5. The van der Waals surface area contributed by atoms with Gasteiger partial charge < -0.3 is 10.1 Å². The van der Waals surface area contributed by atoms with Crippen molar-refractivity contribution < 1.29 is 9.53 Å². The number of aromatic nitrogens is 4. The van der Waals surface area contributed by atoms with Gasteiger partial charge in [0.25, 0.3) is 0 Å². The van der Waals surface area contributed by atoms with E-state index < -0.39 is 0 Å². The summed E-state index contributed by atoms with van der Waals surface area (Å²) in [5.41, 5.74) is 3.19. The molecule has 0 atom stereocenters. The number of rotatable bonds is 7. The monoisotopic (exact) mass is 351 g/mol. The van der Waals surface area contributed by atoms with Gasteiger partial charge in [0.1, 0.15) is 12.4 Å². The van der Waals surface area contributed by atoms with E-state index in [1.807, 2.05) is 44.2 Å². The topological polar surface area (TPSA) is 92.8 Å². The van der Waals surface area contributed by atoms with E-state index in [1.165, 1.54) is 0 Å². The van der Waals surface area contributed by atoms with Gasteiger partial charge in [0, 0.05) is 18.9 Å². The predicted octanol–water partition coefficient (Wildman–Crippen LogP) is 2.25. The first-order valence-electron chi connectivity index (χ1n) is 8.36. The first kappa shape index (κ1) is 17.6. The van der Waals surface area contributed by atoms with Crippen molar-refractivity contribution >= 4 is 5.91 Å². The molecular weight excluding hydrogens is 330 g/mol. The Balaban J connectivity index is 1.49. The SMILES string of the molecule is Cc1ccc(C)c(OCc2nc(CC(=O)NCc3ccncc3)n[nH]2)c1. The van der Waals surface area contributed by atoms with Gasteiger partial charge in [0.05, 0.1) is 6.42 Å². The Kier molecular flexibility index (Phi) is 5.58. The largest absolute Gasteiger partial charge is 0.485 e. The molecule has 0 bridgehead atoms. The lowest BCUT2D eigenvalue weighted by Crippen LogP contribution is -2.25. The molecule has 0 unspecified atom stereocenters. The van der Waals surface area contributed by atoms with E-state index in [4.69, 9.17) is 4.74 Å². The van der Waals surface area contributed by atoms with Gasteiger partial charge in [0.15, 0.2) is 11.6 Å². The highest BCUT2D eigenvalue weighted by molar-refractivity contribution is 5.77. The van der Waals surface area contributed by atoms with E-state index in [2.05, 4.69) is 25.5 Å². The lowest BCUT2D eigenvalue weighted by molar-refractivity contribution is -0.120. The number of H-pyrrole nitrogens is 1. The zero-order chi connectivity index (χ0) is 18.4. The van der Waals surface area contributed by atoms with Crippen LogP contribution in [0, 0.1) is 13.8 Å². The van der Waals surface area contributed by atoms with Gasteiger partial charge in [-0.25, -0.2) is 4.98 Å². The third kappa shape index (κ3) is 4.89. The Morgan fingerprint density at radius 1 is 1.19 bits per heavy atom. The van der Waals surface area contributed by atoms with Gasteiger partial charge in [-0.3, -0.25) is 14.9 Å². The van der Waals surface area contributed by atoms with E-state index in [0.717, 1.165) is 22.4 Å². The van der Waals surface area contributed by atoms with E-state index in [9.17, 15) is 4.79 Å². The second kappa shape index (κ2) is 8.24. The molecule has 0 aliphatic heterocycles.